The molecule has 4 rings (SSSR count). The average Bonchev–Trinajstić information content (AvgIpc) is 2.81. The van der Waals surface area contributed by atoms with Crippen molar-refractivity contribution in [3.63, 3.8) is 0 Å². The Morgan fingerprint density at radius 1 is 1.19 bits per heavy atom. The summed E-state index contributed by atoms with van der Waals surface area (Å²) < 4.78 is 1.87. The Balaban J connectivity index is 1.52. The van der Waals surface area contributed by atoms with Crippen molar-refractivity contribution in [3.8, 4) is 0 Å². The number of pyridine rings is 1. The van der Waals surface area contributed by atoms with E-state index in [0.717, 1.165) is 23.7 Å². The molecule has 2 aliphatic heterocycles. The second kappa shape index (κ2) is 4.98. The van der Waals surface area contributed by atoms with Crippen LogP contribution in [0.25, 0.3) is 5.65 Å². The molecule has 2 unspecified atom stereocenters. The maximum Gasteiger partial charge on any atom is 0.243 e. The summed E-state index contributed by atoms with van der Waals surface area (Å²) in [7, 11) is 2.29. The number of piperidine rings is 2. The Bertz CT molecular complexity index is 635. The van der Waals surface area contributed by atoms with Gasteiger partial charge in [-0.1, -0.05) is 12.5 Å². The largest absolute Gasteiger partial charge is 0.350 e. The molecule has 0 radical (unpaired) electrons. The number of aryl methyl sites for hydroxylation is 1. The van der Waals surface area contributed by atoms with Crippen molar-refractivity contribution in [2.45, 2.75) is 57.2 Å². The topological polar surface area (TPSA) is 45.5 Å². The highest BCUT2D eigenvalue weighted by Gasteiger charge is 2.36. The number of anilines is 1. The van der Waals surface area contributed by atoms with Gasteiger partial charge in [-0.05, 0) is 51.3 Å². The van der Waals surface area contributed by atoms with E-state index >= 15 is 0 Å². The van der Waals surface area contributed by atoms with E-state index in [1.165, 1.54) is 37.7 Å². The lowest BCUT2D eigenvalue weighted by molar-refractivity contribution is 0.0607. The smallest absolute Gasteiger partial charge is 0.243 e. The number of nitrogens with one attached hydrogen (secondary N) is 1. The molecule has 0 aromatic carbocycles. The highest BCUT2D eigenvalue weighted by molar-refractivity contribution is 5.44. The summed E-state index contributed by atoms with van der Waals surface area (Å²) in [4.78, 5) is 7.17. The molecule has 0 spiro atoms. The van der Waals surface area contributed by atoms with E-state index in [1.54, 1.807) is 0 Å². The van der Waals surface area contributed by atoms with Crippen LogP contribution in [0.5, 0.6) is 0 Å². The fourth-order valence-corrected chi connectivity index (χ4v) is 3.96. The minimum atomic E-state index is 0.509. The van der Waals surface area contributed by atoms with Gasteiger partial charge in [-0.15, -0.1) is 5.10 Å². The predicted octanol–water partition coefficient (Wildman–Crippen LogP) is 2.46. The zero-order valence-corrected chi connectivity index (χ0v) is 12.8. The van der Waals surface area contributed by atoms with E-state index in [1.807, 2.05) is 16.8 Å². The van der Waals surface area contributed by atoms with E-state index in [9.17, 15) is 0 Å². The summed E-state index contributed by atoms with van der Waals surface area (Å²) in [5.74, 6) is 0.772. The lowest BCUT2D eigenvalue weighted by atomic mass is 9.82. The number of hydrogen-bond donors (Lipinski definition) is 1. The maximum absolute atomic E-state index is 4.59. The molecule has 112 valence electrons. The van der Waals surface area contributed by atoms with Gasteiger partial charge in [0.25, 0.3) is 0 Å². The first-order valence-electron chi connectivity index (χ1n) is 8.00. The average molecular weight is 285 g/mol. The first-order valence-corrected chi connectivity index (χ1v) is 8.00. The molecule has 2 aromatic heterocycles. The van der Waals surface area contributed by atoms with Crippen LogP contribution < -0.4 is 5.32 Å². The van der Waals surface area contributed by atoms with E-state index in [-0.39, 0.29) is 0 Å². The second-order valence-corrected chi connectivity index (χ2v) is 6.66. The van der Waals surface area contributed by atoms with E-state index in [0.29, 0.717) is 6.04 Å². The van der Waals surface area contributed by atoms with Gasteiger partial charge in [-0.25, -0.2) is 4.52 Å². The molecule has 2 bridgehead atoms. The van der Waals surface area contributed by atoms with Crippen LogP contribution in [0.15, 0.2) is 18.3 Å². The zero-order chi connectivity index (χ0) is 14.4. The number of aromatic nitrogens is 3. The summed E-state index contributed by atoms with van der Waals surface area (Å²) in [5.41, 5.74) is 2.11. The molecule has 2 fully saturated rings. The molecule has 0 amide bonds. The minimum Gasteiger partial charge on any atom is -0.350 e. The third-order valence-corrected chi connectivity index (χ3v) is 5.15. The van der Waals surface area contributed by atoms with Gasteiger partial charge in [-0.2, -0.15) is 4.98 Å². The molecule has 0 saturated carbocycles. The van der Waals surface area contributed by atoms with E-state index < -0.39 is 0 Å². The quantitative estimate of drug-likeness (QED) is 0.920. The first kappa shape index (κ1) is 13.1. The molecular weight excluding hydrogens is 262 g/mol. The SMILES string of the molecule is Cc1ccc2nc(NC3CC4CCCC(C3)N4C)nn2c1. The van der Waals surface area contributed by atoms with Gasteiger partial charge in [0, 0.05) is 24.3 Å². The Hall–Kier alpha value is -1.62. The summed E-state index contributed by atoms with van der Waals surface area (Å²) in [5, 5.41) is 8.13. The molecule has 4 heterocycles. The van der Waals surface area contributed by atoms with Crippen LogP contribution in [0.3, 0.4) is 0 Å². The van der Waals surface area contributed by atoms with Crippen LogP contribution in [0.2, 0.25) is 0 Å². The molecular formula is C16H23N5. The van der Waals surface area contributed by atoms with Crippen molar-refractivity contribution >= 4 is 11.6 Å². The molecule has 2 atom stereocenters. The van der Waals surface area contributed by atoms with Crippen LogP contribution in [-0.4, -0.2) is 44.7 Å². The molecule has 2 aromatic rings. The Morgan fingerprint density at radius 3 is 2.71 bits per heavy atom. The Kier molecular flexibility index (Phi) is 3.10. The van der Waals surface area contributed by atoms with Gasteiger partial charge in [0.05, 0.1) is 0 Å². The summed E-state index contributed by atoms with van der Waals surface area (Å²) >= 11 is 0. The van der Waals surface area contributed by atoms with Gasteiger partial charge in [0.2, 0.25) is 5.95 Å². The standard InChI is InChI=1S/C16H23N5/c1-11-6-7-15-18-16(19-21(15)10-11)17-12-8-13-4-3-5-14(9-12)20(13)2/h6-7,10,12-14H,3-5,8-9H2,1-2H3,(H,17,19). The lowest BCUT2D eigenvalue weighted by Crippen LogP contribution is -2.52. The third kappa shape index (κ3) is 2.39. The van der Waals surface area contributed by atoms with Crippen LogP contribution in [0, 0.1) is 6.92 Å². The summed E-state index contributed by atoms with van der Waals surface area (Å²) in [6.45, 7) is 2.08. The van der Waals surface area contributed by atoms with Gasteiger partial charge >= 0.3 is 0 Å². The molecule has 2 saturated heterocycles. The molecule has 5 heteroatoms. The van der Waals surface area contributed by atoms with E-state index in [2.05, 4.69) is 40.3 Å². The minimum absolute atomic E-state index is 0.509. The summed E-state index contributed by atoms with van der Waals surface area (Å²) in [6.07, 6.45) is 8.50. The van der Waals surface area contributed by atoms with Crippen molar-refractivity contribution in [1.82, 2.24) is 19.5 Å². The van der Waals surface area contributed by atoms with E-state index in [4.69, 9.17) is 0 Å². The third-order valence-electron chi connectivity index (χ3n) is 5.15. The number of fused-ring (bicyclic) bond motifs is 3. The molecule has 5 nitrogen and oxygen atoms in total. The summed E-state index contributed by atoms with van der Waals surface area (Å²) in [6, 6.07) is 6.07. The van der Waals surface area contributed by atoms with Crippen molar-refractivity contribution in [1.29, 1.82) is 0 Å². The van der Waals surface area contributed by atoms with Crippen LogP contribution >= 0.6 is 0 Å². The number of hydrogen-bond acceptors (Lipinski definition) is 4. The molecule has 21 heavy (non-hydrogen) atoms. The Labute approximate surface area is 125 Å². The second-order valence-electron chi connectivity index (χ2n) is 6.66. The van der Waals surface area contributed by atoms with Crippen LogP contribution in [0.1, 0.15) is 37.7 Å². The molecule has 0 aliphatic carbocycles. The van der Waals surface area contributed by atoms with Crippen LogP contribution in [0.4, 0.5) is 5.95 Å². The fraction of sp³-hybridized carbons (Fsp3) is 0.625. The van der Waals surface area contributed by atoms with Crippen molar-refractivity contribution in [3.05, 3.63) is 23.9 Å². The molecule has 1 N–H and O–H groups in total. The normalized spacial score (nSPS) is 29.7. The van der Waals surface area contributed by atoms with Crippen LogP contribution in [-0.2, 0) is 0 Å². The highest BCUT2D eigenvalue weighted by atomic mass is 15.4. The van der Waals surface area contributed by atoms with Gasteiger partial charge in [0.1, 0.15) is 0 Å². The van der Waals surface area contributed by atoms with Crippen molar-refractivity contribution in [2.75, 3.05) is 12.4 Å². The molecule has 2 aliphatic rings. The Morgan fingerprint density at radius 2 is 1.95 bits per heavy atom. The van der Waals surface area contributed by atoms with Gasteiger partial charge in [0.15, 0.2) is 5.65 Å². The number of nitrogens with zero attached hydrogens (tertiary/aromatic N) is 4. The van der Waals surface area contributed by atoms with Gasteiger partial charge in [-0.3, -0.25) is 0 Å². The first-order chi connectivity index (χ1) is 10.2. The van der Waals surface area contributed by atoms with Crippen molar-refractivity contribution in [2.24, 2.45) is 0 Å². The zero-order valence-electron chi connectivity index (χ0n) is 12.8. The van der Waals surface area contributed by atoms with Crippen molar-refractivity contribution < 1.29 is 0 Å². The monoisotopic (exact) mass is 285 g/mol. The van der Waals surface area contributed by atoms with Gasteiger partial charge < -0.3 is 10.2 Å². The fourth-order valence-electron chi connectivity index (χ4n) is 3.96. The number of rotatable bonds is 2. The maximum atomic E-state index is 4.59. The highest BCUT2D eigenvalue weighted by Crippen LogP contribution is 2.33. The lowest BCUT2D eigenvalue weighted by Gasteiger charge is -2.47. The predicted molar refractivity (Wildman–Crippen MR) is 83.6 cm³/mol.